The Hall–Kier alpha value is -3.00. The summed E-state index contributed by atoms with van der Waals surface area (Å²) in [6.45, 7) is 1.45. The Kier molecular flexibility index (Phi) is 4.90. The summed E-state index contributed by atoms with van der Waals surface area (Å²) in [5.41, 5.74) is 0.808. The van der Waals surface area contributed by atoms with Crippen LogP contribution < -0.4 is 4.90 Å². The normalized spacial score (nSPS) is 11.9. The van der Waals surface area contributed by atoms with Crippen molar-refractivity contribution in [3.8, 4) is 0 Å². The second-order valence-corrected chi connectivity index (χ2v) is 6.16. The van der Waals surface area contributed by atoms with Crippen LogP contribution in [-0.2, 0) is 16.1 Å². The van der Waals surface area contributed by atoms with Crippen molar-refractivity contribution in [1.29, 1.82) is 0 Å². The first kappa shape index (κ1) is 16.8. The highest BCUT2D eigenvalue weighted by molar-refractivity contribution is 7.16. The van der Waals surface area contributed by atoms with Gasteiger partial charge in [-0.15, -0.1) is 11.3 Å². The lowest BCUT2D eigenvalue weighted by Gasteiger charge is -2.25. The van der Waals surface area contributed by atoms with Gasteiger partial charge < -0.3 is 9.84 Å². The van der Waals surface area contributed by atoms with E-state index in [2.05, 4.69) is 9.97 Å². The molecule has 3 aromatic rings. The highest BCUT2D eigenvalue weighted by Crippen LogP contribution is 2.28. The zero-order valence-corrected chi connectivity index (χ0v) is 14.1. The van der Waals surface area contributed by atoms with Gasteiger partial charge in [0.25, 0.3) is 0 Å². The molecule has 8 heteroatoms. The zero-order chi connectivity index (χ0) is 17.8. The summed E-state index contributed by atoms with van der Waals surface area (Å²) >= 11 is 1.38. The van der Waals surface area contributed by atoms with E-state index in [4.69, 9.17) is 4.74 Å². The number of nitrogens with zero attached hydrogens (tertiary/aromatic N) is 3. The summed E-state index contributed by atoms with van der Waals surface area (Å²) < 4.78 is 5.31. The van der Waals surface area contributed by atoms with Crippen LogP contribution in [0.4, 0.5) is 10.6 Å². The maximum absolute atomic E-state index is 12.6. The molecular formula is C17H15N3O4S. The second kappa shape index (κ2) is 7.27. The summed E-state index contributed by atoms with van der Waals surface area (Å²) in [6, 6.07) is 9.78. The number of aromatic nitrogens is 2. The standard InChI is InChI=1S/C17H15N3O4S/c1-11(16(21)22)20(14-13-7-8-25-15(13)19-10-18-14)17(23)24-9-12-5-3-2-4-6-12/h2-8,10-11H,9H2,1H3,(H,21,22)/t11-/m0/s1. The van der Waals surface area contributed by atoms with Crippen LogP contribution >= 0.6 is 11.3 Å². The number of carboxylic acids is 1. The molecule has 7 nitrogen and oxygen atoms in total. The molecule has 0 radical (unpaired) electrons. The van der Waals surface area contributed by atoms with E-state index in [1.807, 2.05) is 35.7 Å². The Labute approximate surface area is 147 Å². The van der Waals surface area contributed by atoms with Crippen molar-refractivity contribution in [3.05, 3.63) is 53.7 Å². The van der Waals surface area contributed by atoms with Crippen molar-refractivity contribution in [3.63, 3.8) is 0 Å². The number of aliphatic carboxylic acids is 1. The molecule has 0 saturated carbocycles. The predicted molar refractivity (Wildman–Crippen MR) is 93.6 cm³/mol. The van der Waals surface area contributed by atoms with Crippen molar-refractivity contribution >= 4 is 39.4 Å². The molecule has 2 heterocycles. The molecule has 2 aromatic heterocycles. The lowest BCUT2D eigenvalue weighted by molar-refractivity contribution is -0.138. The molecule has 0 bridgehead atoms. The Bertz CT molecular complexity index is 897. The van der Waals surface area contributed by atoms with E-state index in [9.17, 15) is 14.7 Å². The van der Waals surface area contributed by atoms with Crippen molar-refractivity contribution in [2.75, 3.05) is 4.90 Å². The van der Waals surface area contributed by atoms with E-state index in [1.54, 1.807) is 6.07 Å². The van der Waals surface area contributed by atoms with E-state index < -0.39 is 18.1 Å². The van der Waals surface area contributed by atoms with Crippen LogP contribution in [0.1, 0.15) is 12.5 Å². The molecule has 0 saturated heterocycles. The molecule has 1 atom stereocenters. The number of carboxylic acid groups (broad SMARTS) is 1. The number of hydrogen-bond acceptors (Lipinski definition) is 6. The summed E-state index contributed by atoms with van der Waals surface area (Å²) in [6.07, 6.45) is 0.533. The second-order valence-electron chi connectivity index (χ2n) is 5.26. The number of thiophene rings is 1. The first-order valence-electron chi connectivity index (χ1n) is 7.49. The van der Waals surface area contributed by atoms with Crippen LogP contribution in [0.2, 0.25) is 0 Å². The fourth-order valence-electron chi connectivity index (χ4n) is 2.30. The van der Waals surface area contributed by atoms with Gasteiger partial charge >= 0.3 is 12.1 Å². The molecule has 0 spiro atoms. The van der Waals surface area contributed by atoms with Crippen molar-refractivity contribution in [2.24, 2.45) is 0 Å². The van der Waals surface area contributed by atoms with Crippen LogP contribution in [0.25, 0.3) is 10.2 Å². The van der Waals surface area contributed by atoms with Crippen molar-refractivity contribution < 1.29 is 19.4 Å². The van der Waals surface area contributed by atoms with Gasteiger partial charge in [0.1, 0.15) is 23.8 Å². The molecule has 0 unspecified atom stereocenters. The highest BCUT2D eigenvalue weighted by atomic mass is 32.1. The van der Waals surface area contributed by atoms with Gasteiger partial charge in [0.2, 0.25) is 0 Å². The van der Waals surface area contributed by atoms with Gasteiger partial charge in [-0.1, -0.05) is 30.3 Å². The maximum Gasteiger partial charge on any atom is 0.416 e. The monoisotopic (exact) mass is 357 g/mol. The number of amides is 1. The van der Waals surface area contributed by atoms with E-state index in [0.717, 1.165) is 10.5 Å². The molecule has 0 aliphatic heterocycles. The fraction of sp³-hybridized carbons (Fsp3) is 0.176. The molecule has 1 amide bonds. The van der Waals surface area contributed by atoms with Crippen LogP contribution in [-0.4, -0.2) is 33.2 Å². The summed E-state index contributed by atoms with van der Waals surface area (Å²) in [5.74, 6) is -0.933. The Morgan fingerprint density at radius 2 is 2.00 bits per heavy atom. The minimum atomic E-state index is -1.15. The minimum Gasteiger partial charge on any atom is -0.480 e. The number of carbonyl (C=O) groups excluding carboxylic acids is 1. The van der Waals surface area contributed by atoms with Gasteiger partial charge in [-0.2, -0.15) is 0 Å². The van der Waals surface area contributed by atoms with Gasteiger partial charge in [0, 0.05) is 0 Å². The van der Waals surface area contributed by atoms with Crippen molar-refractivity contribution in [2.45, 2.75) is 19.6 Å². The molecule has 0 aliphatic rings. The topological polar surface area (TPSA) is 92.6 Å². The molecule has 128 valence electrons. The van der Waals surface area contributed by atoms with Gasteiger partial charge in [-0.25, -0.2) is 24.5 Å². The Morgan fingerprint density at radius 3 is 2.72 bits per heavy atom. The summed E-state index contributed by atoms with van der Waals surface area (Å²) in [7, 11) is 0. The third kappa shape index (κ3) is 3.58. The average Bonchev–Trinajstić information content (AvgIpc) is 3.10. The number of fused-ring (bicyclic) bond motifs is 1. The average molecular weight is 357 g/mol. The Balaban J connectivity index is 1.91. The predicted octanol–water partition coefficient (Wildman–Crippen LogP) is 3.31. The number of anilines is 1. The number of rotatable bonds is 5. The van der Waals surface area contributed by atoms with Gasteiger partial charge in [-0.05, 0) is 23.9 Å². The van der Waals surface area contributed by atoms with Crippen LogP contribution in [0.5, 0.6) is 0 Å². The lowest BCUT2D eigenvalue weighted by Crippen LogP contribution is -2.44. The Morgan fingerprint density at radius 1 is 1.24 bits per heavy atom. The maximum atomic E-state index is 12.6. The SMILES string of the molecule is C[C@@H](C(=O)O)N(C(=O)OCc1ccccc1)c1ncnc2sccc12. The van der Waals surface area contributed by atoms with Crippen LogP contribution in [0.15, 0.2) is 48.1 Å². The van der Waals surface area contributed by atoms with E-state index in [1.165, 1.54) is 24.6 Å². The van der Waals surface area contributed by atoms with Crippen LogP contribution in [0, 0.1) is 0 Å². The molecule has 1 aromatic carbocycles. The van der Waals surface area contributed by atoms with Gasteiger partial charge in [-0.3, -0.25) is 0 Å². The first-order chi connectivity index (χ1) is 12.1. The number of hydrogen-bond donors (Lipinski definition) is 1. The third-order valence-corrected chi connectivity index (χ3v) is 4.44. The molecule has 1 N–H and O–H groups in total. The van der Waals surface area contributed by atoms with Gasteiger partial charge in [0.15, 0.2) is 5.82 Å². The fourth-order valence-corrected chi connectivity index (χ4v) is 3.02. The molecule has 0 fully saturated rings. The highest BCUT2D eigenvalue weighted by Gasteiger charge is 2.31. The minimum absolute atomic E-state index is 0.0420. The largest absolute Gasteiger partial charge is 0.480 e. The van der Waals surface area contributed by atoms with E-state index >= 15 is 0 Å². The molecule has 0 aliphatic carbocycles. The summed E-state index contributed by atoms with van der Waals surface area (Å²) in [5, 5.41) is 11.8. The van der Waals surface area contributed by atoms with E-state index in [0.29, 0.717) is 10.2 Å². The first-order valence-corrected chi connectivity index (χ1v) is 8.37. The van der Waals surface area contributed by atoms with Crippen LogP contribution in [0.3, 0.4) is 0 Å². The van der Waals surface area contributed by atoms with Crippen molar-refractivity contribution in [1.82, 2.24) is 9.97 Å². The molecule has 3 rings (SSSR count). The zero-order valence-electron chi connectivity index (χ0n) is 13.3. The lowest BCUT2D eigenvalue weighted by atomic mass is 10.2. The quantitative estimate of drug-likeness (QED) is 0.753. The number of carbonyl (C=O) groups is 2. The third-order valence-electron chi connectivity index (χ3n) is 3.62. The molecule has 25 heavy (non-hydrogen) atoms. The number of benzene rings is 1. The van der Waals surface area contributed by atoms with E-state index in [-0.39, 0.29) is 12.4 Å². The summed E-state index contributed by atoms with van der Waals surface area (Å²) in [4.78, 5) is 34.0. The number of ether oxygens (including phenoxy) is 1. The molecular weight excluding hydrogens is 342 g/mol. The van der Waals surface area contributed by atoms with Gasteiger partial charge in [0.05, 0.1) is 5.39 Å². The smallest absolute Gasteiger partial charge is 0.416 e.